The summed E-state index contributed by atoms with van der Waals surface area (Å²) in [6.45, 7) is 5.49. The van der Waals surface area contributed by atoms with Gasteiger partial charge in [-0.25, -0.2) is 9.07 Å². The van der Waals surface area contributed by atoms with Gasteiger partial charge in [0.15, 0.2) is 0 Å². The van der Waals surface area contributed by atoms with Crippen LogP contribution < -0.4 is 0 Å². The number of aliphatic hydroxyl groups is 1. The molecule has 1 saturated carbocycles. The number of hydrogen-bond donors (Lipinski definition) is 1. The number of aryl methyl sites for hydroxylation is 1. The second kappa shape index (κ2) is 4.00. The van der Waals surface area contributed by atoms with Gasteiger partial charge in [0.25, 0.3) is 0 Å². The van der Waals surface area contributed by atoms with Crippen molar-refractivity contribution in [3.05, 3.63) is 23.0 Å². The quantitative estimate of drug-likeness (QED) is 0.925. The normalized spacial score (nSPS) is 16.3. The van der Waals surface area contributed by atoms with E-state index in [9.17, 15) is 9.50 Å². The molecule has 0 unspecified atom stereocenters. The fraction of sp³-hybridized carbons (Fsp3) is 0.571. The van der Waals surface area contributed by atoms with Gasteiger partial charge < -0.3 is 5.11 Å². The topological polar surface area (TPSA) is 50.9 Å². The molecule has 0 radical (unpaired) electrons. The van der Waals surface area contributed by atoms with Crippen LogP contribution in [-0.2, 0) is 6.54 Å². The number of hydrogen-bond acceptors (Lipinski definition) is 3. The lowest BCUT2D eigenvalue weighted by molar-refractivity contribution is 0.0584. The Labute approximate surface area is 111 Å². The Morgan fingerprint density at radius 3 is 2.74 bits per heavy atom. The number of rotatable bonds is 3. The molecule has 0 atom stereocenters. The summed E-state index contributed by atoms with van der Waals surface area (Å²) in [7, 11) is 0. The highest BCUT2D eigenvalue weighted by Crippen LogP contribution is 2.44. The van der Waals surface area contributed by atoms with Gasteiger partial charge in [0.05, 0.1) is 17.7 Å². The molecule has 0 saturated heterocycles. The van der Waals surface area contributed by atoms with Crippen LogP contribution in [0.15, 0.2) is 6.07 Å². The third-order valence-electron chi connectivity index (χ3n) is 3.47. The Hall–Kier alpha value is -1.49. The molecule has 1 aliphatic carbocycles. The molecule has 5 heteroatoms. The van der Waals surface area contributed by atoms with Crippen molar-refractivity contribution >= 4 is 11.0 Å². The van der Waals surface area contributed by atoms with Crippen molar-refractivity contribution in [3.63, 3.8) is 0 Å². The Bertz CT molecular complexity index is 638. The molecule has 0 spiro atoms. The van der Waals surface area contributed by atoms with Crippen molar-refractivity contribution in [2.45, 2.75) is 51.7 Å². The Balaban J connectivity index is 2.22. The molecule has 4 nitrogen and oxygen atoms in total. The number of fused-ring (bicyclic) bond motifs is 1. The average molecular weight is 263 g/mol. The maximum Gasteiger partial charge on any atom is 0.131 e. The van der Waals surface area contributed by atoms with Gasteiger partial charge in [-0.1, -0.05) is 5.21 Å². The number of halogens is 1. The molecule has 1 aromatic carbocycles. The van der Waals surface area contributed by atoms with Crippen molar-refractivity contribution in [3.8, 4) is 0 Å². The first-order valence-corrected chi connectivity index (χ1v) is 6.61. The predicted molar refractivity (Wildman–Crippen MR) is 70.5 cm³/mol. The van der Waals surface area contributed by atoms with Gasteiger partial charge in [-0.15, -0.1) is 5.10 Å². The minimum atomic E-state index is -0.900. The standard InChI is InChI=1S/C14H18FN3O/c1-8-6-10-13(11(12(8)15)9-4-5-9)18(17-16-10)7-14(2,3)19/h6,9,19H,4-5,7H2,1-3H3. The summed E-state index contributed by atoms with van der Waals surface area (Å²) in [6, 6.07) is 1.73. The molecule has 1 aliphatic rings. The second-order valence-electron chi connectivity index (χ2n) is 6.12. The van der Waals surface area contributed by atoms with Gasteiger partial charge in [-0.3, -0.25) is 0 Å². The first-order chi connectivity index (χ1) is 8.87. The molecule has 0 bridgehead atoms. The largest absolute Gasteiger partial charge is 0.389 e. The molecule has 1 aromatic heterocycles. The molecule has 3 rings (SSSR count). The maximum atomic E-state index is 14.4. The molecule has 0 amide bonds. The Kier molecular flexibility index (Phi) is 2.64. The zero-order chi connectivity index (χ0) is 13.8. The fourth-order valence-electron chi connectivity index (χ4n) is 2.51. The third kappa shape index (κ3) is 2.23. The van der Waals surface area contributed by atoms with E-state index < -0.39 is 5.60 Å². The minimum absolute atomic E-state index is 0.144. The summed E-state index contributed by atoms with van der Waals surface area (Å²) in [5, 5.41) is 18.1. The molecule has 1 heterocycles. The van der Waals surface area contributed by atoms with E-state index in [1.807, 2.05) is 0 Å². The van der Waals surface area contributed by atoms with Crippen LogP contribution in [0.4, 0.5) is 4.39 Å². The number of nitrogens with zero attached hydrogens (tertiary/aromatic N) is 3. The summed E-state index contributed by atoms with van der Waals surface area (Å²) >= 11 is 0. The molecular weight excluding hydrogens is 245 g/mol. The van der Waals surface area contributed by atoms with E-state index in [-0.39, 0.29) is 11.7 Å². The highest BCUT2D eigenvalue weighted by atomic mass is 19.1. The van der Waals surface area contributed by atoms with E-state index in [0.717, 1.165) is 23.9 Å². The molecule has 102 valence electrons. The van der Waals surface area contributed by atoms with Gasteiger partial charge in [0, 0.05) is 5.56 Å². The van der Waals surface area contributed by atoms with Crippen LogP contribution in [0.3, 0.4) is 0 Å². The van der Waals surface area contributed by atoms with Crippen LogP contribution in [-0.4, -0.2) is 25.7 Å². The molecular formula is C14H18FN3O. The van der Waals surface area contributed by atoms with E-state index >= 15 is 0 Å². The maximum absolute atomic E-state index is 14.4. The monoisotopic (exact) mass is 263 g/mol. The van der Waals surface area contributed by atoms with E-state index in [1.165, 1.54) is 0 Å². The first-order valence-electron chi connectivity index (χ1n) is 6.61. The average Bonchev–Trinajstić information content (AvgIpc) is 3.04. The third-order valence-corrected chi connectivity index (χ3v) is 3.47. The molecule has 19 heavy (non-hydrogen) atoms. The van der Waals surface area contributed by atoms with Gasteiger partial charge in [-0.2, -0.15) is 0 Å². The Morgan fingerprint density at radius 2 is 2.16 bits per heavy atom. The van der Waals surface area contributed by atoms with E-state index in [0.29, 0.717) is 17.6 Å². The van der Waals surface area contributed by atoms with Crippen molar-refractivity contribution in [1.29, 1.82) is 0 Å². The van der Waals surface area contributed by atoms with Crippen molar-refractivity contribution < 1.29 is 9.50 Å². The first kappa shape index (κ1) is 12.5. The second-order valence-corrected chi connectivity index (χ2v) is 6.12. The van der Waals surface area contributed by atoms with Crippen LogP contribution in [0.2, 0.25) is 0 Å². The van der Waals surface area contributed by atoms with Gasteiger partial charge >= 0.3 is 0 Å². The van der Waals surface area contributed by atoms with Gasteiger partial charge in [0.2, 0.25) is 0 Å². The van der Waals surface area contributed by atoms with Crippen LogP contribution in [0.1, 0.15) is 43.7 Å². The summed E-state index contributed by atoms with van der Waals surface area (Å²) in [6.07, 6.45) is 2.03. The van der Waals surface area contributed by atoms with Crippen LogP contribution in [0.5, 0.6) is 0 Å². The minimum Gasteiger partial charge on any atom is -0.389 e. The Morgan fingerprint density at radius 1 is 1.47 bits per heavy atom. The zero-order valence-electron chi connectivity index (χ0n) is 11.4. The number of aromatic nitrogens is 3. The summed E-state index contributed by atoms with van der Waals surface area (Å²) in [5.41, 5.74) is 1.90. The van der Waals surface area contributed by atoms with E-state index in [1.54, 1.807) is 31.5 Å². The lowest BCUT2D eigenvalue weighted by Crippen LogP contribution is -2.27. The van der Waals surface area contributed by atoms with Crippen molar-refractivity contribution in [2.75, 3.05) is 0 Å². The molecule has 1 N–H and O–H groups in total. The lowest BCUT2D eigenvalue weighted by atomic mass is 10.0. The highest BCUT2D eigenvalue weighted by Gasteiger charge is 2.32. The predicted octanol–water partition coefficient (Wildman–Crippen LogP) is 2.53. The number of benzene rings is 1. The van der Waals surface area contributed by atoms with Crippen molar-refractivity contribution in [1.82, 2.24) is 15.0 Å². The highest BCUT2D eigenvalue weighted by molar-refractivity contribution is 5.80. The van der Waals surface area contributed by atoms with Crippen LogP contribution in [0.25, 0.3) is 11.0 Å². The SMILES string of the molecule is Cc1cc2nnn(CC(C)(C)O)c2c(C2CC2)c1F. The summed E-state index contributed by atoms with van der Waals surface area (Å²) < 4.78 is 16.0. The smallest absolute Gasteiger partial charge is 0.131 e. The molecule has 0 aliphatic heterocycles. The summed E-state index contributed by atoms with van der Waals surface area (Å²) in [4.78, 5) is 0. The van der Waals surface area contributed by atoms with Gasteiger partial charge in [0.1, 0.15) is 11.3 Å². The van der Waals surface area contributed by atoms with Crippen LogP contribution >= 0.6 is 0 Å². The molecule has 1 fully saturated rings. The van der Waals surface area contributed by atoms with E-state index in [4.69, 9.17) is 0 Å². The van der Waals surface area contributed by atoms with Gasteiger partial charge in [-0.05, 0) is 51.2 Å². The summed E-state index contributed by atoms with van der Waals surface area (Å²) in [5.74, 6) is 0.135. The van der Waals surface area contributed by atoms with Crippen molar-refractivity contribution in [2.24, 2.45) is 0 Å². The fourth-order valence-corrected chi connectivity index (χ4v) is 2.51. The lowest BCUT2D eigenvalue weighted by Gasteiger charge is -2.18. The molecule has 2 aromatic rings. The van der Waals surface area contributed by atoms with E-state index in [2.05, 4.69) is 10.3 Å². The zero-order valence-corrected chi connectivity index (χ0v) is 11.4. The van der Waals surface area contributed by atoms with Crippen LogP contribution in [0, 0.1) is 12.7 Å².